The zero-order valence-electron chi connectivity index (χ0n) is 22.0. The third-order valence-electron chi connectivity index (χ3n) is 6.96. The van der Waals surface area contributed by atoms with Crippen LogP contribution in [0.5, 0.6) is 5.75 Å². The second-order valence-corrected chi connectivity index (χ2v) is 12.6. The fourth-order valence-corrected chi connectivity index (χ4v) is 6.59. The Morgan fingerprint density at radius 2 is 1.94 bits per heavy atom. The number of sulfonamides is 1. The number of ether oxygens (including phenoxy) is 1. The molecule has 0 saturated heterocycles. The van der Waals surface area contributed by atoms with E-state index in [1.54, 1.807) is 44.9 Å². The van der Waals surface area contributed by atoms with Crippen molar-refractivity contribution >= 4 is 15.9 Å². The van der Waals surface area contributed by atoms with E-state index in [4.69, 9.17) is 4.74 Å². The molecule has 1 aliphatic heterocycles. The molecule has 1 saturated carbocycles. The van der Waals surface area contributed by atoms with Gasteiger partial charge in [0.2, 0.25) is 15.9 Å². The molecule has 8 nitrogen and oxygen atoms in total. The summed E-state index contributed by atoms with van der Waals surface area (Å²) in [5.41, 5.74) is -0.699. The predicted octanol–water partition coefficient (Wildman–Crippen LogP) is 2.62. The number of hydrogen-bond acceptors (Lipinski definition) is 6. The van der Waals surface area contributed by atoms with Crippen LogP contribution < -0.4 is 4.74 Å². The van der Waals surface area contributed by atoms with E-state index in [0.29, 0.717) is 12.1 Å². The molecule has 1 fully saturated rings. The number of carbonyl (C=O) groups excluding carboxylic acids is 1. The first-order valence-electron chi connectivity index (χ1n) is 12.8. The van der Waals surface area contributed by atoms with Gasteiger partial charge in [-0.2, -0.15) is 4.31 Å². The van der Waals surface area contributed by atoms with Crippen molar-refractivity contribution in [1.82, 2.24) is 9.21 Å². The van der Waals surface area contributed by atoms with Gasteiger partial charge in [0, 0.05) is 37.0 Å². The molecule has 0 radical (unpaired) electrons. The van der Waals surface area contributed by atoms with Crippen molar-refractivity contribution in [2.75, 3.05) is 26.7 Å². The minimum absolute atomic E-state index is 0.00484. The molecule has 2 N–H and O–H groups in total. The van der Waals surface area contributed by atoms with Gasteiger partial charge in [-0.25, -0.2) is 8.42 Å². The normalized spacial score (nSPS) is 23.8. The summed E-state index contributed by atoms with van der Waals surface area (Å²) in [4.78, 5) is 14.8. The first-order chi connectivity index (χ1) is 16.8. The molecule has 0 bridgehead atoms. The maximum atomic E-state index is 13.6. The molecular weight excluding hydrogens is 480 g/mol. The minimum Gasteiger partial charge on any atom is -0.487 e. The molecule has 0 spiro atoms. The molecule has 200 valence electrons. The minimum atomic E-state index is -3.96. The van der Waals surface area contributed by atoms with Crippen LogP contribution in [0.25, 0.3) is 0 Å². The first kappa shape index (κ1) is 28.5. The Morgan fingerprint density at radius 3 is 2.56 bits per heavy atom. The molecule has 3 atom stereocenters. The molecule has 3 rings (SSSR count). The van der Waals surface area contributed by atoms with E-state index < -0.39 is 27.8 Å². The number of benzene rings is 1. The van der Waals surface area contributed by atoms with Crippen molar-refractivity contribution in [3.05, 3.63) is 23.8 Å². The lowest BCUT2D eigenvalue weighted by molar-refractivity contribution is -0.136. The Kier molecular flexibility index (Phi) is 9.10. The van der Waals surface area contributed by atoms with Gasteiger partial charge in [-0.15, -0.1) is 0 Å². The van der Waals surface area contributed by atoms with E-state index in [-0.39, 0.29) is 41.5 Å². The van der Waals surface area contributed by atoms with E-state index in [1.165, 1.54) is 16.8 Å². The van der Waals surface area contributed by atoms with E-state index in [9.17, 15) is 23.4 Å². The largest absolute Gasteiger partial charge is 0.487 e. The summed E-state index contributed by atoms with van der Waals surface area (Å²) in [6.07, 6.45) is 4.62. The summed E-state index contributed by atoms with van der Waals surface area (Å²) >= 11 is 0. The van der Waals surface area contributed by atoms with Crippen LogP contribution >= 0.6 is 0 Å². The third-order valence-corrected chi connectivity index (χ3v) is 8.98. The van der Waals surface area contributed by atoms with E-state index in [2.05, 4.69) is 11.8 Å². The molecule has 1 heterocycles. The lowest BCUT2D eigenvalue weighted by Gasteiger charge is -2.38. The van der Waals surface area contributed by atoms with Crippen molar-refractivity contribution in [3.63, 3.8) is 0 Å². The summed E-state index contributed by atoms with van der Waals surface area (Å²) < 4.78 is 34.8. The van der Waals surface area contributed by atoms with Gasteiger partial charge in [-0.05, 0) is 51.8 Å². The zero-order valence-corrected chi connectivity index (χ0v) is 22.8. The van der Waals surface area contributed by atoms with Gasteiger partial charge in [-0.1, -0.05) is 38.0 Å². The molecule has 9 heteroatoms. The number of likely N-dealkylation sites (N-methyl/N-ethyl adjacent to an activating group) is 1. The maximum absolute atomic E-state index is 13.6. The van der Waals surface area contributed by atoms with E-state index in [0.717, 1.165) is 25.7 Å². The zero-order chi connectivity index (χ0) is 26.7. The lowest BCUT2D eigenvalue weighted by atomic mass is 9.88. The number of aliphatic hydroxyl groups excluding tert-OH is 1. The predicted molar refractivity (Wildman–Crippen MR) is 138 cm³/mol. The van der Waals surface area contributed by atoms with Crippen molar-refractivity contribution in [3.8, 4) is 17.6 Å². The third kappa shape index (κ3) is 6.80. The van der Waals surface area contributed by atoms with Gasteiger partial charge in [0.1, 0.15) is 22.4 Å². The summed E-state index contributed by atoms with van der Waals surface area (Å²) in [5.74, 6) is 5.64. The monoisotopic (exact) mass is 520 g/mol. The van der Waals surface area contributed by atoms with Crippen molar-refractivity contribution in [1.29, 1.82) is 0 Å². The highest BCUT2D eigenvalue weighted by Gasteiger charge is 2.38. The van der Waals surface area contributed by atoms with Crippen LogP contribution in [0.1, 0.15) is 65.4 Å². The molecule has 1 aromatic carbocycles. The Morgan fingerprint density at radius 1 is 1.28 bits per heavy atom. The summed E-state index contributed by atoms with van der Waals surface area (Å²) in [5, 5.41) is 19.8. The van der Waals surface area contributed by atoms with Gasteiger partial charge < -0.3 is 19.8 Å². The van der Waals surface area contributed by atoms with Gasteiger partial charge in [0.05, 0.1) is 13.2 Å². The number of fused-ring (bicyclic) bond motifs is 1. The number of carbonyl (C=O) groups is 1. The number of nitrogens with zero attached hydrogens (tertiary/aromatic N) is 2. The average molecular weight is 521 g/mol. The Labute approximate surface area is 215 Å². The van der Waals surface area contributed by atoms with E-state index in [1.807, 2.05) is 6.92 Å². The highest BCUT2D eigenvalue weighted by molar-refractivity contribution is 7.89. The maximum Gasteiger partial charge on any atom is 0.247 e. The Hall–Kier alpha value is -2.12. The van der Waals surface area contributed by atoms with Gasteiger partial charge in [0.25, 0.3) is 0 Å². The van der Waals surface area contributed by atoms with Crippen LogP contribution in [0.15, 0.2) is 23.1 Å². The number of aliphatic hydroxyl groups is 2. The smallest absolute Gasteiger partial charge is 0.247 e. The van der Waals surface area contributed by atoms with Crippen molar-refractivity contribution < 1.29 is 28.2 Å². The lowest BCUT2D eigenvalue weighted by Crippen LogP contribution is -2.50. The molecule has 1 aromatic rings. The van der Waals surface area contributed by atoms with Crippen LogP contribution in [0.2, 0.25) is 0 Å². The van der Waals surface area contributed by atoms with Gasteiger partial charge in [0.15, 0.2) is 0 Å². The van der Waals surface area contributed by atoms with Crippen LogP contribution in [-0.2, 0) is 14.8 Å². The van der Waals surface area contributed by atoms with Crippen LogP contribution in [0, 0.1) is 23.7 Å². The van der Waals surface area contributed by atoms with Crippen LogP contribution in [0.4, 0.5) is 0 Å². The summed E-state index contributed by atoms with van der Waals surface area (Å²) in [6.45, 7) is 6.86. The Balaban J connectivity index is 1.99. The SMILES string of the molecule is C[C@@H]1CN([C@H](C)CO)S(=O)(=O)c2ccc(C#CC(C)(C)O)cc2O[C@H]1CN(C)C(=O)C1CCCCC1. The summed E-state index contributed by atoms with van der Waals surface area (Å²) in [6, 6.07) is 3.99. The highest BCUT2D eigenvalue weighted by atomic mass is 32.2. The van der Waals surface area contributed by atoms with E-state index >= 15 is 0 Å². The standard InChI is InChI=1S/C27H40N2O6S/c1-19-16-29(20(2)18-30)36(33,34)25-12-11-21(13-14-27(3,4)32)15-23(25)35-24(19)17-28(5)26(31)22-9-7-6-8-10-22/h11-12,15,19-20,22,24,30,32H,6-10,16-18H2,1-5H3/t19-,20-,24+/m1/s1. The number of amides is 1. The Bertz CT molecular complexity index is 1100. The topological polar surface area (TPSA) is 107 Å². The fourth-order valence-electron chi connectivity index (χ4n) is 4.77. The average Bonchev–Trinajstić information content (AvgIpc) is 2.83. The van der Waals surface area contributed by atoms with Gasteiger partial charge >= 0.3 is 0 Å². The number of rotatable bonds is 5. The van der Waals surface area contributed by atoms with Crippen LogP contribution in [-0.4, -0.2) is 78.2 Å². The van der Waals surface area contributed by atoms with Crippen molar-refractivity contribution in [2.24, 2.45) is 11.8 Å². The molecule has 1 amide bonds. The second kappa shape index (κ2) is 11.5. The first-order valence-corrected chi connectivity index (χ1v) is 14.2. The molecule has 1 aliphatic carbocycles. The summed E-state index contributed by atoms with van der Waals surface area (Å²) in [7, 11) is -2.18. The van der Waals surface area contributed by atoms with Crippen LogP contribution in [0.3, 0.4) is 0 Å². The molecule has 36 heavy (non-hydrogen) atoms. The van der Waals surface area contributed by atoms with Gasteiger partial charge in [-0.3, -0.25) is 4.79 Å². The molecular formula is C27H40N2O6S. The molecule has 0 unspecified atom stereocenters. The number of hydrogen-bond donors (Lipinski definition) is 2. The quantitative estimate of drug-likeness (QED) is 0.578. The molecule has 0 aromatic heterocycles. The fraction of sp³-hybridized carbons (Fsp3) is 0.667. The highest BCUT2D eigenvalue weighted by Crippen LogP contribution is 2.34. The molecule has 2 aliphatic rings. The second-order valence-electron chi connectivity index (χ2n) is 10.8. The van der Waals surface area contributed by atoms with Crippen molar-refractivity contribution in [2.45, 2.75) is 82.4 Å².